The Morgan fingerprint density at radius 2 is 1.86 bits per heavy atom. The van der Waals surface area contributed by atoms with Gasteiger partial charge >= 0.3 is 0 Å². The van der Waals surface area contributed by atoms with Crippen LogP contribution in [0, 0.1) is 0 Å². The molecule has 1 fully saturated rings. The van der Waals surface area contributed by atoms with Crippen LogP contribution in [0.4, 0.5) is 0 Å². The predicted octanol–water partition coefficient (Wildman–Crippen LogP) is 1.92. The van der Waals surface area contributed by atoms with Gasteiger partial charge in [0.2, 0.25) is 17.7 Å². The SMILES string of the molecule is CC(=O)NCCCC(=O)N1CCC2(CC1)CC(NC(C)=O)c1ccccc1O2. The summed E-state index contributed by atoms with van der Waals surface area (Å²) in [7, 11) is 0. The summed E-state index contributed by atoms with van der Waals surface area (Å²) in [6.45, 7) is 4.83. The first-order valence-electron chi connectivity index (χ1n) is 9.96. The zero-order chi connectivity index (χ0) is 20.1. The van der Waals surface area contributed by atoms with Gasteiger partial charge in [0.25, 0.3) is 0 Å². The van der Waals surface area contributed by atoms with Crippen LogP contribution in [0.3, 0.4) is 0 Å². The monoisotopic (exact) mass is 387 g/mol. The van der Waals surface area contributed by atoms with Gasteiger partial charge in [0.05, 0.1) is 6.04 Å². The summed E-state index contributed by atoms with van der Waals surface area (Å²) >= 11 is 0. The van der Waals surface area contributed by atoms with Crippen molar-refractivity contribution < 1.29 is 19.1 Å². The molecule has 28 heavy (non-hydrogen) atoms. The Kier molecular flexibility index (Phi) is 6.21. The van der Waals surface area contributed by atoms with E-state index in [4.69, 9.17) is 4.74 Å². The number of hydrogen-bond acceptors (Lipinski definition) is 4. The molecule has 1 aromatic rings. The first-order valence-corrected chi connectivity index (χ1v) is 9.96. The van der Waals surface area contributed by atoms with E-state index in [1.165, 1.54) is 13.8 Å². The molecule has 2 aliphatic heterocycles. The van der Waals surface area contributed by atoms with Gasteiger partial charge in [-0.05, 0) is 12.5 Å². The number of nitrogens with one attached hydrogen (secondary N) is 2. The molecule has 0 saturated carbocycles. The molecule has 0 bridgehead atoms. The number of hydrogen-bond donors (Lipinski definition) is 2. The molecule has 0 aliphatic carbocycles. The lowest BCUT2D eigenvalue weighted by molar-refractivity contribution is -0.135. The molecular weight excluding hydrogens is 358 g/mol. The van der Waals surface area contributed by atoms with Crippen LogP contribution in [-0.4, -0.2) is 47.9 Å². The number of nitrogens with zero attached hydrogens (tertiary/aromatic N) is 1. The first-order chi connectivity index (χ1) is 13.4. The fourth-order valence-corrected chi connectivity index (χ4v) is 4.12. The standard InChI is InChI=1S/C21H29N3O4/c1-15(25)22-11-5-8-20(27)24-12-9-21(10-13-24)14-18(23-16(2)26)17-6-3-4-7-19(17)28-21/h3-4,6-7,18H,5,8-14H2,1-2H3,(H,22,25)(H,23,26). The van der Waals surface area contributed by atoms with E-state index in [0.717, 1.165) is 24.2 Å². The van der Waals surface area contributed by atoms with Crippen LogP contribution in [0.25, 0.3) is 0 Å². The summed E-state index contributed by atoms with van der Waals surface area (Å²) in [5, 5.41) is 5.77. The van der Waals surface area contributed by atoms with E-state index in [1.54, 1.807) is 0 Å². The summed E-state index contributed by atoms with van der Waals surface area (Å²) in [4.78, 5) is 36.9. The molecule has 1 saturated heterocycles. The molecule has 152 valence electrons. The fourth-order valence-electron chi connectivity index (χ4n) is 4.12. The summed E-state index contributed by atoms with van der Waals surface area (Å²) in [5.41, 5.74) is 0.661. The van der Waals surface area contributed by atoms with Crippen LogP contribution < -0.4 is 15.4 Å². The molecule has 1 aromatic carbocycles. The Bertz CT molecular complexity index is 741. The van der Waals surface area contributed by atoms with Gasteiger partial charge in [-0.1, -0.05) is 18.2 Å². The Labute approximate surface area is 165 Å². The Hall–Kier alpha value is -2.57. The van der Waals surface area contributed by atoms with Gasteiger partial charge in [0.15, 0.2) is 0 Å². The van der Waals surface area contributed by atoms with Gasteiger partial charge in [0, 0.05) is 64.7 Å². The van der Waals surface area contributed by atoms with Gasteiger partial charge in [-0.25, -0.2) is 0 Å². The van der Waals surface area contributed by atoms with Crippen molar-refractivity contribution in [3.63, 3.8) is 0 Å². The van der Waals surface area contributed by atoms with Crippen LogP contribution >= 0.6 is 0 Å². The van der Waals surface area contributed by atoms with Crippen molar-refractivity contribution >= 4 is 17.7 Å². The van der Waals surface area contributed by atoms with E-state index < -0.39 is 0 Å². The average Bonchev–Trinajstić information content (AvgIpc) is 2.65. The van der Waals surface area contributed by atoms with Gasteiger partial charge in [-0.2, -0.15) is 0 Å². The van der Waals surface area contributed by atoms with Gasteiger partial charge < -0.3 is 20.3 Å². The lowest BCUT2D eigenvalue weighted by Gasteiger charge is -2.47. The smallest absolute Gasteiger partial charge is 0.222 e. The topological polar surface area (TPSA) is 87.7 Å². The third-order valence-electron chi connectivity index (χ3n) is 5.54. The largest absolute Gasteiger partial charge is 0.487 e. The van der Waals surface area contributed by atoms with Crippen molar-refractivity contribution in [3.8, 4) is 5.75 Å². The molecule has 0 aromatic heterocycles. The minimum Gasteiger partial charge on any atom is -0.487 e. The van der Waals surface area contributed by atoms with Crippen LogP contribution in [-0.2, 0) is 14.4 Å². The number of ether oxygens (including phenoxy) is 1. The average molecular weight is 387 g/mol. The maximum absolute atomic E-state index is 12.4. The third-order valence-corrected chi connectivity index (χ3v) is 5.54. The molecule has 7 nitrogen and oxygen atoms in total. The molecule has 2 N–H and O–H groups in total. The van der Waals surface area contributed by atoms with E-state index in [-0.39, 0.29) is 29.4 Å². The van der Waals surface area contributed by atoms with Gasteiger partial charge in [-0.15, -0.1) is 0 Å². The number of para-hydroxylation sites is 1. The number of carbonyl (C=O) groups excluding carboxylic acids is 3. The Morgan fingerprint density at radius 1 is 1.14 bits per heavy atom. The van der Waals surface area contributed by atoms with Crippen molar-refractivity contribution in [2.24, 2.45) is 0 Å². The molecule has 2 aliphatic rings. The fraction of sp³-hybridized carbons (Fsp3) is 0.571. The van der Waals surface area contributed by atoms with Crippen molar-refractivity contribution in [1.82, 2.24) is 15.5 Å². The number of fused-ring (bicyclic) bond motifs is 1. The van der Waals surface area contributed by atoms with Crippen molar-refractivity contribution in [2.75, 3.05) is 19.6 Å². The summed E-state index contributed by atoms with van der Waals surface area (Å²) in [6, 6.07) is 7.77. The molecule has 3 rings (SSSR count). The van der Waals surface area contributed by atoms with E-state index in [2.05, 4.69) is 10.6 Å². The molecular formula is C21H29N3O4. The second-order valence-electron chi connectivity index (χ2n) is 7.75. The van der Waals surface area contributed by atoms with Crippen LogP contribution in [0.1, 0.15) is 57.6 Å². The summed E-state index contributed by atoms with van der Waals surface area (Å²) < 4.78 is 6.39. The zero-order valence-corrected chi connectivity index (χ0v) is 16.6. The number of rotatable bonds is 5. The zero-order valence-electron chi connectivity index (χ0n) is 16.6. The number of amides is 3. The molecule has 2 heterocycles. The quantitative estimate of drug-likeness (QED) is 0.756. The van der Waals surface area contributed by atoms with E-state index in [1.807, 2.05) is 29.2 Å². The second-order valence-corrected chi connectivity index (χ2v) is 7.75. The molecule has 1 atom stereocenters. The van der Waals surface area contributed by atoms with Gasteiger partial charge in [0.1, 0.15) is 11.4 Å². The van der Waals surface area contributed by atoms with Gasteiger partial charge in [-0.3, -0.25) is 14.4 Å². The van der Waals surface area contributed by atoms with Crippen molar-refractivity contribution in [1.29, 1.82) is 0 Å². The van der Waals surface area contributed by atoms with E-state index in [9.17, 15) is 14.4 Å². The second kappa shape index (κ2) is 8.63. The predicted molar refractivity (Wildman–Crippen MR) is 105 cm³/mol. The highest BCUT2D eigenvalue weighted by Gasteiger charge is 2.44. The molecule has 1 spiro atoms. The van der Waals surface area contributed by atoms with Crippen LogP contribution in [0.15, 0.2) is 24.3 Å². The summed E-state index contributed by atoms with van der Waals surface area (Å²) in [5.74, 6) is 0.817. The van der Waals surface area contributed by atoms with Crippen LogP contribution in [0.2, 0.25) is 0 Å². The highest BCUT2D eigenvalue weighted by molar-refractivity contribution is 5.76. The first kappa shape index (κ1) is 20.2. The summed E-state index contributed by atoms with van der Waals surface area (Å²) in [6.07, 6.45) is 3.29. The molecule has 0 radical (unpaired) electrons. The third kappa shape index (κ3) is 4.82. The maximum Gasteiger partial charge on any atom is 0.222 e. The number of carbonyl (C=O) groups is 3. The Balaban J connectivity index is 1.59. The van der Waals surface area contributed by atoms with Crippen LogP contribution in [0.5, 0.6) is 5.75 Å². The minimum atomic E-state index is -0.353. The Morgan fingerprint density at radius 3 is 2.54 bits per heavy atom. The van der Waals surface area contributed by atoms with Crippen molar-refractivity contribution in [2.45, 2.75) is 57.6 Å². The minimum absolute atomic E-state index is 0.0522. The molecule has 3 amide bonds. The maximum atomic E-state index is 12.4. The highest BCUT2D eigenvalue weighted by atomic mass is 16.5. The normalized spacial score (nSPS) is 20.1. The lowest BCUT2D eigenvalue weighted by atomic mass is 9.80. The number of piperidine rings is 1. The number of likely N-dealkylation sites (tertiary alicyclic amines) is 1. The molecule has 7 heteroatoms. The van der Waals surface area contributed by atoms with E-state index >= 15 is 0 Å². The van der Waals surface area contributed by atoms with Crippen molar-refractivity contribution in [3.05, 3.63) is 29.8 Å². The van der Waals surface area contributed by atoms with E-state index in [0.29, 0.717) is 38.9 Å². The highest BCUT2D eigenvalue weighted by Crippen LogP contribution is 2.44. The lowest BCUT2D eigenvalue weighted by Crippen LogP contribution is -2.53. The number of benzene rings is 1. The molecule has 1 unspecified atom stereocenters.